The molecule has 0 saturated carbocycles. The van der Waals surface area contributed by atoms with Gasteiger partial charge in [-0.1, -0.05) is 104 Å². The predicted octanol–water partition coefficient (Wildman–Crippen LogP) is 8.93. The number of nitrogens with zero attached hydrogens (tertiary/aromatic N) is 4. The van der Waals surface area contributed by atoms with E-state index in [1.807, 2.05) is 11.8 Å². The standard InChI is InChI=1S/C40H46N4S.Y/c1-5-6-26-42(27-17-28-44(3,4)31-32-18-9-7-10-19-32)39-29-33(30-40-41(2)37-24-15-16-25-38(37)45-40)35-22-13-14-23-36(35)43(39)34-20-11-8-12-21-34;/h7-16,18-25,29-30H,5-6,17,26-28,31H2,1-4H3;/q+2;. The van der Waals surface area contributed by atoms with Crippen LogP contribution in [0.4, 0.5) is 11.5 Å². The van der Waals surface area contributed by atoms with Crippen molar-refractivity contribution >= 4 is 40.2 Å². The van der Waals surface area contributed by atoms with E-state index in [-0.39, 0.29) is 32.7 Å². The van der Waals surface area contributed by atoms with E-state index in [2.05, 4.69) is 164 Å². The summed E-state index contributed by atoms with van der Waals surface area (Å²) in [7, 11) is 6.91. The largest absolute Gasteiger partial charge is 0.338 e. The van der Waals surface area contributed by atoms with Gasteiger partial charge in [0.25, 0.3) is 5.82 Å². The predicted molar refractivity (Wildman–Crippen MR) is 193 cm³/mol. The third-order valence-corrected chi connectivity index (χ3v) is 9.95. The topological polar surface area (TPSA) is 10.4 Å². The number of hydrogen-bond donors (Lipinski definition) is 0. The molecule has 4 aromatic carbocycles. The Morgan fingerprint density at radius 2 is 1.46 bits per heavy atom. The van der Waals surface area contributed by atoms with Gasteiger partial charge in [0.1, 0.15) is 17.7 Å². The van der Waals surface area contributed by atoms with E-state index >= 15 is 0 Å². The van der Waals surface area contributed by atoms with Gasteiger partial charge in [-0.05, 0) is 48.4 Å². The number of fused-ring (bicyclic) bond motifs is 2. The van der Waals surface area contributed by atoms with Crippen molar-refractivity contribution in [1.29, 1.82) is 0 Å². The summed E-state index contributed by atoms with van der Waals surface area (Å²) in [5.41, 5.74) is 6.37. The van der Waals surface area contributed by atoms with Gasteiger partial charge in [0, 0.05) is 68.1 Å². The third kappa shape index (κ3) is 7.94. The van der Waals surface area contributed by atoms with Gasteiger partial charge in [-0.15, -0.1) is 0 Å². The van der Waals surface area contributed by atoms with Crippen LogP contribution in [0.5, 0.6) is 0 Å². The molecule has 2 heterocycles. The zero-order valence-electron chi connectivity index (χ0n) is 27.8. The van der Waals surface area contributed by atoms with Gasteiger partial charge in [-0.25, -0.2) is 0 Å². The molecule has 4 nitrogen and oxygen atoms in total. The molecule has 6 rings (SSSR count). The molecule has 5 aromatic rings. The van der Waals surface area contributed by atoms with E-state index in [9.17, 15) is 0 Å². The molecule has 6 heteroatoms. The fourth-order valence-electron chi connectivity index (χ4n) is 6.43. The van der Waals surface area contributed by atoms with Crippen LogP contribution in [0.25, 0.3) is 22.7 Å². The van der Waals surface area contributed by atoms with Crippen molar-refractivity contribution in [2.75, 3.05) is 50.6 Å². The zero-order valence-corrected chi connectivity index (χ0v) is 31.4. The summed E-state index contributed by atoms with van der Waals surface area (Å²) >= 11 is 1.86. The number of quaternary nitrogens is 1. The Labute approximate surface area is 305 Å². The Hall–Kier alpha value is -2.96. The number of thioether (sulfide) groups is 1. The molecular formula is C40H46N4SY+2. The Balaban J connectivity index is 0.00000417. The van der Waals surface area contributed by atoms with Gasteiger partial charge >= 0.3 is 0 Å². The third-order valence-electron chi connectivity index (χ3n) is 8.79. The van der Waals surface area contributed by atoms with E-state index < -0.39 is 0 Å². The molecule has 0 aliphatic carbocycles. The molecule has 0 bridgehead atoms. The van der Waals surface area contributed by atoms with Crippen LogP contribution < -0.4 is 14.4 Å². The summed E-state index contributed by atoms with van der Waals surface area (Å²) < 4.78 is 3.46. The van der Waals surface area contributed by atoms with Crippen LogP contribution in [0.3, 0.4) is 0 Å². The van der Waals surface area contributed by atoms with Gasteiger partial charge in [0.05, 0.1) is 44.4 Å². The molecule has 1 aliphatic rings. The molecule has 0 amide bonds. The van der Waals surface area contributed by atoms with Gasteiger partial charge in [0.2, 0.25) is 0 Å². The number of benzene rings is 4. The molecule has 0 atom stereocenters. The molecule has 1 aromatic heterocycles. The van der Waals surface area contributed by atoms with Crippen molar-refractivity contribution in [3.63, 3.8) is 0 Å². The Morgan fingerprint density at radius 3 is 2.20 bits per heavy atom. The van der Waals surface area contributed by atoms with Crippen molar-refractivity contribution in [3.8, 4) is 5.69 Å². The van der Waals surface area contributed by atoms with Crippen molar-refractivity contribution in [1.82, 2.24) is 0 Å². The van der Waals surface area contributed by atoms with E-state index in [0.717, 1.165) is 43.5 Å². The first-order valence-electron chi connectivity index (χ1n) is 16.3. The minimum absolute atomic E-state index is 0. The molecular weight excluding hydrogens is 657 g/mol. The zero-order chi connectivity index (χ0) is 31.2. The van der Waals surface area contributed by atoms with Crippen molar-refractivity contribution in [2.24, 2.45) is 0 Å². The second-order valence-electron chi connectivity index (χ2n) is 12.8. The maximum Gasteiger partial charge on any atom is 0.282 e. The second kappa shape index (κ2) is 15.8. The number of unbranched alkanes of at least 4 members (excludes halogenated alkanes) is 1. The van der Waals surface area contributed by atoms with Crippen LogP contribution in [0.2, 0.25) is 0 Å². The second-order valence-corrected chi connectivity index (χ2v) is 13.8. The van der Waals surface area contributed by atoms with Crippen LogP contribution in [0.1, 0.15) is 37.3 Å². The van der Waals surface area contributed by atoms with Gasteiger partial charge in [-0.2, -0.15) is 4.57 Å². The van der Waals surface area contributed by atoms with Gasteiger partial charge in [0.15, 0.2) is 0 Å². The first-order chi connectivity index (χ1) is 21.9. The molecule has 0 N–H and O–H groups in total. The normalized spacial score (nSPS) is 13.6. The average molecular weight is 704 g/mol. The molecule has 1 aliphatic heterocycles. The molecule has 0 unspecified atom stereocenters. The first-order valence-corrected chi connectivity index (χ1v) is 17.1. The Kier molecular flexibility index (Phi) is 11.8. The number of hydrogen-bond acceptors (Lipinski definition) is 3. The number of para-hydroxylation sites is 3. The van der Waals surface area contributed by atoms with E-state index in [1.165, 1.54) is 55.6 Å². The minimum atomic E-state index is 0. The van der Waals surface area contributed by atoms with E-state index in [0.29, 0.717) is 0 Å². The van der Waals surface area contributed by atoms with Crippen molar-refractivity contribution in [3.05, 3.63) is 131 Å². The molecule has 1 radical (unpaired) electrons. The number of rotatable bonds is 12. The monoisotopic (exact) mass is 703 g/mol. The maximum absolute atomic E-state index is 2.65. The average Bonchev–Trinajstić information content (AvgIpc) is 3.37. The Morgan fingerprint density at radius 1 is 0.804 bits per heavy atom. The SMILES string of the molecule is CCCCN(CCC[N+](C)(C)Cc1ccccc1)c1cc(C=C2Sc3ccccc3N2C)c2ccccc2[n+]1-c1ccccc1.[Y]. The van der Waals surface area contributed by atoms with Gasteiger partial charge in [-0.3, -0.25) is 4.90 Å². The minimum Gasteiger partial charge on any atom is -0.338 e. The maximum atomic E-state index is 2.65. The molecule has 46 heavy (non-hydrogen) atoms. The molecule has 0 fully saturated rings. The van der Waals surface area contributed by atoms with Crippen LogP contribution in [0.15, 0.2) is 125 Å². The van der Waals surface area contributed by atoms with E-state index in [1.54, 1.807) is 0 Å². The summed E-state index contributed by atoms with van der Waals surface area (Å²) in [5.74, 6) is 1.26. The number of aromatic nitrogens is 1. The Bertz CT molecular complexity index is 1770. The van der Waals surface area contributed by atoms with Gasteiger partial charge < -0.3 is 9.38 Å². The van der Waals surface area contributed by atoms with Crippen LogP contribution in [-0.2, 0) is 39.3 Å². The molecule has 0 saturated heterocycles. The summed E-state index contributed by atoms with van der Waals surface area (Å²) in [6.07, 6.45) is 5.84. The van der Waals surface area contributed by atoms with Crippen LogP contribution >= 0.6 is 11.8 Å². The molecule has 233 valence electrons. The van der Waals surface area contributed by atoms with Crippen LogP contribution in [-0.4, -0.2) is 45.3 Å². The summed E-state index contributed by atoms with van der Waals surface area (Å²) in [5, 5.41) is 2.52. The van der Waals surface area contributed by atoms with Crippen LogP contribution in [0, 0.1) is 0 Å². The summed E-state index contributed by atoms with van der Waals surface area (Å²) in [6, 6.07) is 41.8. The van der Waals surface area contributed by atoms with Crippen molar-refractivity contribution in [2.45, 2.75) is 37.6 Å². The number of anilines is 2. The molecule has 0 spiro atoms. The fraction of sp³-hybridized carbons (Fsp3) is 0.275. The van der Waals surface area contributed by atoms with E-state index in [4.69, 9.17) is 0 Å². The van der Waals surface area contributed by atoms with Crippen molar-refractivity contribution < 1.29 is 41.8 Å². The number of pyridine rings is 1. The quantitative estimate of drug-likeness (QED) is 0.0950. The fourth-order valence-corrected chi connectivity index (χ4v) is 7.54. The summed E-state index contributed by atoms with van der Waals surface area (Å²) in [4.78, 5) is 6.29. The smallest absolute Gasteiger partial charge is 0.282 e. The first kappa shape index (κ1) is 34.4. The summed E-state index contributed by atoms with van der Waals surface area (Å²) in [6.45, 7) is 6.50.